The summed E-state index contributed by atoms with van der Waals surface area (Å²) in [4.78, 5) is 2.57. The molecule has 0 bridgehead atoms. The van der Waals surface area contributed by atoms with Crippen LogP contribution >= 0.6 is 0 Å². The zero-order valence-electron chi connectivity index (χ0n) is 13.5. The van der Waals surface area contributed by atoms with Crippen LogP contribution < -0.4 is 5.73 Å². The Kier molecular flexibility index (Phi) is 4.74. The molecule has 0 atom stereocenters. The highest BCUT2D eigenvalue weighted by molar-refractivity contribution is 5.41. The van der Waals surface area contributed by atoms with Crippen molar-refractivity contribution >= 4 is 5.69 Å². The lowest BCUT2D eigenvalue weighted by Gasteiger charge is -2.38. The Hall–Kier alpha value is -1.02. The van der Waals surface area contributed by atoms with E-state index in [2.05, 4.69) is 44.9 Å². The molecule has 1 aromatic carbocycles. The number of nitrogen functional groups attached to an aromatic ring is 1. The first-order valence-corrected chi connectivity index (χ1v) is 7.95. The largest absolute Gasteiger partial charge is 0.399 e. The van der Waals surface area contributed by atoms with Gasteiger partial charge in [0, 0.05) is 23.7 Å². The maximum atomic E-state index is 5.79. The summed E-state index contributed by atoms with van der Waals surface area (Å²) in [5.41, 5.74) is 8.19. The molecule has 2 rings (SSSR count). The Morgan fingerprint density at radius 3 is 2.20 bits per heavy atom. The quantitative estimate of drug-likeness (QED) is 0.839. The van der Waals surface area contributed by atoms with Gasteiger partial charge in [-0.3, -0.25) is 0 Å². The molecule has 0 aromatic heterocycles. The molecule has 20 heavy (non-hydrogen) atoms. The molecule has 0 heterocycles. The summed E-state index contributed by atoms with van der Waals surface area (Å²) in [5.74, 6) is 0.921. The normalized spacial score (nSPS) is 24.1. The van der Waals surface area contributed by atoms with Crippen molar-refractivity contribution in [2.75, 3.05) is 19.3 Å². The molecule has 1 saturated carbocycles. The molecule has 1 aliphatic rings. The van der Waals surface area contributed by atoms with E-state index < -0.39 is 0 Å². The Balaban J connectivity index is 1.98. The van der Waals surface area contributed by atoms with Crippen LogP contribution in [0, 0.1) is 5.92 Å². The molecule has 1 aliphatic carbocycles. The molecule has 0 unspecified atom stereocenters. The van der Waals surface area contributed by atoms with Crippen molar-refractivity contribution in [1.29, 1.82) is 0 Å². The summed E-state index contributed by atoms with van der Waals surface area (Å²) in [6.07, 6.45) is 5.49. The molecule has 0 amide bonds. The molecule has 112 valence electrons. The van der Waals surface area contributed by atoms with Crippen LogP contribution in [0.4, 0.5) is 5.69 Å². The molecule has 1 fully saturated rings. The fraction of sp³-hybridized carbons (Fsp3) is 0.667. The molecule has 1 aromatic rings. The number of rotatable bonds is 4. The lowest BCUT2D eigenvalue weighted by atomic mass is 9.82. The van der Waals surface area contributed by atoms with E-state index in [1.165, 1.54) is 31.2 Å². The fourth-order valence-corrected chi connectivity index (χ4v) is 3.46. The molecule has 0 spiro atoms. The molecule has 2 heteroatoms. The van der Waals surface area contributed by atoms with Gasteiger partial charge in [-0.25, -0.2) is 0 Å². The molecule has 0 radical (unpaired) electrons. The van der Waals surface area contributed by atoms with E-state index in [0.29, 0.717) is 0 Å². The van der Waals surface area contributed by atoms with Gasteiger partial charge >= 0.3 is 0 Å². The number of anilines is 1. The topological polar surface area (TPSA) is 29.3 Å². The minimum Gasteiger partial charge on any atom is -0.399 e. The Bertz CT molecular complexity index is 414. The summed E-state index contributed by atoms with van der Waals surface area (Å²) in [7, 11) is 2.29. The van der Waals surface area contributed by atoms with E-state index in [4.69, 9.17) is 5.73 Å². The van der Waals surface area contributed by atoms with Crippen molar-refractivity contribution < 1.29 is 0 Å². The number of likely N-dealkylation sites (N-methyl/N-ethyl adjacent to an activating group) is 1. The van der Waals surface area contributed by atoms with Crippen LogP contribution in [0.1, 0.15) is 52.0 Å². The fourth-order valence-electron chi connectivity index (χ4n) is 3.46. The predicted molar refractivity (Wildman–Crippen MR) is 87.9 cm³/mol. The van der Waals surface area contributed by atoms with Gasteiger partial charge in [0.15, 0.2) is 0 Å². The van der Waals surface area contributed by atoms with Crippen LogP contribution in [0.5, 0.6) is 0 Å². The van der Waals surface area contributed by atoms with Gasteiger partial charge in [0.2, 0.25) is 0 Å². The standard InChI is InChI=1S/C18H30N2/c1-14-5-11-17(12-6-14)20(4)13-18(2,3)15-7-9-16(19)10-8-15/h7-10,14,17H,5-6,11-13,19H2,1-4H3. The lowest BCUT2D eigenvalue weighted by molar-refractivity contribution is 0.146. The van der Waals surface area contributed by atoms with Gasteiger partial charge in [-0.2, -0.15) is 0 Å². The Morgan fingerprint density at radius 1 is 1.10 bits per heavy atom. The SMILES string of the molecule is CC1CCC(N(C)CC(C)(C)c2ccc(N)cc2)CC1. The van der Waals surface area contributed by atoms with Gasteiger partial charge < -0.3 is 10.6 Å². The third-order valence-corrected chi connectivity index (χ3v) is 4.95. The van der Waals surface area contributed by atoms with Gasteiger partial charge in [-0.05, 0) is 56.3 Å². The number of hydrogen-bond acceptors (Lipinski definition) is 2. The van der Waals surface area contributed by atoms with Crippen molar-refractivity contribution in [1.82, 2.24) is 4.90 Å². The summed E-state index contributed by atoms with van der Waals surface area (Å²) in [6, 6.07) is 9.14. The summed E-state index contributed by atoms with van der Waals surface area (Å²) in [5, 5.41) is 0. The van der Waals surface area contributed by atoms with Crippen molar-refractivity contribution in [3.05, 3.63) is 29.8 Å². The Morgan fingerprint density at radius 2 is 1.65 bits per heavy atom. The highest BCUT2D eigenvalue weighted by atomic mass is 15.1. The van der Waals surface area contributed by atoms with Crippen LogP contribution in [-0.2, 0) is 5.41 Å². The number of benzene rings is 1. The molecule has 0 saturated heterocycles. The third-order valence-electron chi connectivity index (χ3n) is 4.95. The average Bonchev–Trinajstić information content (AvgIpc) is 2.39. The number of nitrogens with zero attached hydrogens (tertiary/aromatic N) is 1. The molecular weight excluding hydrogens is 244 g/mol. The van der Waals surface area contributed by atoms with Crippen LogP contribution in [0.3, 0.4) is 0 Å². The molecule has 2 N–H and O–H groups in total. The molecule has 0 aliphatic heterocycles. The van der Waals surface area contributed by atoms with Crippen LogP contribution in [0.15, 0.2) is 24.3 Å². The first-order chi connectivity index (χ1) is 9.38. The van der Waals surface area contributed by atoms with E-state index >= 15 is 0 Å². The second kappa shape index (κ2) is 6.17. The second-order valence-electron chi connectivity index (χ2n) is 7.33. The van der Waals surface area contributed by atoms with Crippen molar-refractivity contribution in [3.63, 3.8) is 0 Å². The van der Waals surface area contributed by atoms with Gasteiger partial charge in [-0.15, -0.1) is 0 Å². The highest BCUT2D eigenvalue weighted by Crippen LogP contribution is 2.30. The van der Waals surface area contributed by atoms with Gasteiger partial charge in [0.1, 0.15) is 0 Å². The number of hydrogen-bond donors (Lipinski definition) is 1. The summed E-state index contributed by atoms with van der Waals surface area (Å²) >= 11 is 0. The molecule has 2 nitrogen and oxygen atoms in total. The summed E-state index contributed by atoms with van der Waals surface area (Å²) < 4.78 is 0. The monoisotopic (exact) mass is 274 g/mol. The van der Waals surface area contributed by atoms with Crippen molar-refractivity contribution in [3.8, 4) is 0 Å². The summed E-state index contributed by atoms with van der Waals surface area (Å²) in [6.45, 7) is 8.16. The predicted octanol–water partition coefficient (Wildman–Crippen LogP) is 4.06. The number of nitrogens with two attached hydrogens (primary N) is 1. The van der Waals surface area contributed by atoms with Crippen molar-refractivity contribution in [2.24, 2.45) is 5.92 Å². The maximum Gasteiger partial charge on any atom is 0.0314 e. The third kappa shape index (κ3) is 3.76. The first kappa shape index (κ1) is 15.4. The van der Waals surface area contributed by atoms with E-state index in [1.54, 1.807) is 0 Å². The van der Waals surface area contributed by atoms with E-state index in [1.807, 2.05) is 12.1 Å². The van der Waals surface area contributed by atoms with E-state index in [9.17, 15) is 0 Å². The highest BCUT2D eigenvalue weighted by Gasteiger charge is 2.27. The second-order valence-corrected chi connectivity index (χ2v) is 7.33. The van der Waals surface area contributed by atoms with Crippen LogP contribution in [-0.4, -0.2) is 24.5 Å². The minimum atomic E-state index is 0.172. The lowest BCUT2D eigenvalue weighted by Crippen LogP contribution is -2.42. The van der Waals surface area contributed by atoms with Crippen LogP contribution in [0.25, 0.3) is 0 Å². The average molecular weight is 274 g/mol. The van der Waals surface area contributed by atoms with Gasteiger partial charge in [0.05, 0.1) is 0 Å². The van der Waals surface area contributed by atoms with Crippen LogP contribution in [0.2, 0.25) is 0 Å². The zero-order chi connectivity index (χ0) is 14.8. The van der Waals surface area contributed by atoms with Gasteiger partial charge in [-0.1, -0.05) is 32.9 Å². The van der Waals surface area contributed by atoms with E-state index in [-0.39, 0.29) is 5.41 Å². The van der Waals surface area contributed by atoms with E-state index in [0.717, 1.165) is 24.2 Å². The smallest absolute Gasteiger partial charge is 0.0314 e. The zero-order valence-corrected chi connectivity index (χ0v) is 13.5. The maximum absolute atomic E-state index is 5.79. The van der Waals surface area contributed by atoms with Gasteiger partial charge in [0.25, 0.3) is 0 Å². The van der Waals surface area contributed by atoms with Crippen molar-refractivity contribution in [2.45, 2.75) is 57.9 Å². The minimum absolute atomic E-state index is 0.172. The molecular formula is C18H30N2. The Labute approximate surface area is 124 Å². The first-order valence-electron chi connectivity index (χ1n) is 7.95.